The van der Waals surface area contributed by atoms with Crippen molar-refractivity contribution in [1.82, 2.24) is 10.2 Å². The average Bonchev–Trinajstić information content (AvgIpc) is 2.91. The predicted octanol–water partition coefficient (Wildman–Crippen LogP) is 2.83. The molecular weight excluding hydrogens is 311 g/mol. The van der Waals surface area contributed by atoms with Gasteiger partial charge < -0.3 is 15.0 Å². The number of carbonyl (C=O) groups excluding carboxylic acids is 1. The zero-order valence-corrected chi connectivity index (χ0v) is 13.7. The highest BCUT2D eigenvalue weighted by Crippen LogP contribution is 2.27. The SMILES string of the molecule is CNCC1CCN(C(=O)C(C)Oc2ccc(Cl)c(Cl)c2)C1. The van der Waals surface area contributed by atoms with E-state index in [4.69, 9.17) is 27.9 Å². The summed E-state index contributed by atoms with van der Waals surface area (Å²) in [6.45, 7) is 4.27. The third-order valence-corrected chi connectivity index (χ3v) is 4.38. The minimum Gasteiger partial charge on any atom is -0.481 e. The summed E-state index contributed by atoms with van der Waals surface area (Å²) in [4.78, 5) is 14.2. The standard InChI is InChI=1S/C15H20Cl2N2O2/c1-10(21-12-3-4-13(16)14(17)7-12)15(20)19-6-5-11(9-19)8-18-2/h3-4,7,10-11,18H,5-6,8-9H2,1-2H3. The molecule has 1 fully saturated rings. The van der Waals surface area contributed by atoms with Crippen LogP contribution in [0.2, 0.25) is 10.0 Å². The van der Waals surface area contributed by atoms with Crippen molar-refractivity contribution < 1.29 is 9.53 Å². The van der Waals surface area contributed by atoms with E-state index in [-0.39, 0.29) is 5.91 Å². The number of carbonyl (C=O) groups is 1. The van der Waals surface area contributed by atoms with E-state index in [1.165, 1.54) is 0 Å². The molecule has 4 nitrogen and oxygen atoms in total. The monoisotopic (exact) mass is 330 g/mol. The lowest BCUT2D eigenvalue weighted by Crippen LogP contribution is -2.39. The average molecular weight is 331 g/mol. The Morgan fingerprint density at radius 3 is 2.90 bits per heavy atom. The van der Waals surface area contributed by atoms with Gasteiger partial charge in [-0.05, 0) is 45.0 Å². The first-order chi connectivity index (χ1) is 10.0. The molecule has 2 atom stereocenters. The highest BCUT2D eigenvalue weighted by Gasteiger charge is 2.29. The highest BCUT2D eigenvalue weighted by molar-refractivity contribution is 6.42. The molecule has 21 heavy (non-hydrogen) atoms. The van der Waals surface area contributed by atoms with Crippen molar-refractivity contribution in [3.63, 3.8) is 0 Å². The van der Waals surface area contributed by atoms with Crippen LogP contribution in [0.15, 0.2) is 18.2 Å². The second-order valence-electron chi connectivity index (χ2n) is 5.33. The van der Waals surface area contributed by atoms with Crippen LogP contribution in [0.4, 0.5) is 0 Å². The molecule has 2 rings (SSSR count). The topological polar surface area (TPSA) is 41.6 Å². The van der Waals surface area contributed by atoms with Crippen molar-refractivity contribution in [2.45, 2.75) is 19.4 Å². The largest absolute Gasteiger partial charge is 0.481 e. The Kier molecular flexibility index (Phi) is 5.73. The van der Waals surface area contributed by atoms with Crippen molar-refractivity contribution >= 4 is 29.1 Å². The summed E-state index contributed by atoms with van der Waals surface area (Å²) in [7, 11) is 1.93. The third-order valence-electron chi connectivity index (χ3n) is 3.64. The second kappa shape index (κ2) is 7.34. The van der Waals surface area contributed by atoms with Gasteiger partial charge in [-0.3, -0.25) is 4.79 Å². The summed E-state index contributed by atoms with van der Waals surface area (Å²) in [5.41, 5.74) is 0. The molecule has 1 aliphatic heterocycles. The second-order valence-corrected chi connectivity index (χ2v) is 6.15. The van der Waals surface area contributed by atoms with Gasteiger partial charge in [-0.25, -0.2) is 0 Å². The first-order valence-electron chi connectivity index (χ1n) is 7.06. The van der Waals surface area contributed by atoms with Gasteiger partial charge in [0.2, 0.25) is 0 Å². The predicted molar refractivity (Wildman–Crippen MR) is 85.2 cm³/mol. The van der Waals surface area contributed by atoms with Gasteiger partial charge in [-0.2, -0.15) is 0 Å². The van der Waals surface area contributed by atoms with E-state index < -0.39 is 6.10 Å². The van der Waals surface area contributed by atoms with Gasteiger partial charge in [0.1, 0.15) is 5.75 Å². The van der Waals surface area contributed by atoms with Gasteiger partial charge in [-0.1, -0.05) is 23.2 Å². The molecule has 1 aromatic carbocycles. The molecule has 0 aliphatic carbocycles. The van der Waals surface area contributed by atoms with Crippen molar-refractivity contribution in [2.75, 3.05) is 26.7 Å². The quantitative estimate of drug-likeness (QED) is 0.902. The lowest BCUT2D eigenvalue weighted by molar-refractivity contribution is -0.137. The summed E-state index contributed by atoms with van der Waals surface area (Å²) >= 11 is 11.8. The fraction of sp³-hybridized carbons (Fsp3) is 0.533. The van der Waals surface area contributed by atoms with Crippen molar-refractivity contribution in [2.24, 2.45) is 5.92 Å². The van der Waals surface area contributed by atoms with Crippen LogP contribution < -0.4 is 10.1 Å². The molecule has 116 valence electrons. The van der Waals surface area contributed by atoms with E-state index in [1.54, 1.807) is 25.1 Å². The van der Waals surface area contributed by atoms with Crippen molar-refractivity contribution in [3.8, 4) is 5.75 Å². The molecule has 1 heterocycles. The molecule has 1 aromatic rings. The number of nitrogens with zero attached hydrogens (tertiary/aromatic N) is 1. The number of hydrogen-bond acceptors (Lipinski definition) is 3. The normalized spacial score (nSPS) is 19.6. The van der Waals surface area contributed by atoms with Gasteiger partial charge in [0, 0.05) is 19.2 Å². The molecular formula is C15H20Cl2N2O2. The first kappa shape index (κ1) is 16.4. The van der Waals surface area contributed by atoms with E-state index in [1.807, 2.05) is 11.9 Å². The maximum Gasteiger partial charge on any atom is 0.263 e. The number of halogens is 2. The van der Waals surface area contributed by atoms with Gasteiger partial charge >= 0.3 is 0 Å². The minimum atomic E-state index is -0.532. The third kappa shape index (κ3) is 4.25. The Balaban J connectivity index is 1.92. The van der Waals surface area contributed by atoms with Gasteiger partial charge in [0.15, 0.2) is 6.10 Å². The lowest BCUT2D eigenvalue weighted by Gasteiger charge is -2.22. The molecule has 0 spiro atoms. The van der Waals surface area contributed by atoms with Crippen LogP contribution in [0.5, 0.6) is 5.75 Å². The van der Waals surface area contributed by atoms with E-state index >= 15 is 0 Å². The fourth-order valence-corrected chi connectivity index (χ4v) is 2.84. The smallest absolute Gasteiger partial charge is 0.263 e. The fourth-order valence-electron chi connectivity index (χ4n) is 2.55. The minimum absolute atomic E-state index is 0.0136. The number of benzene rings is 1. The van der Waals surface area contributed by atoms with Crippen LogP contribution in [0.25, 0.3) is 0 Å². The molecule has 0 saturated carbocycles. The molecule has 0 radical (unpaired) electrons. The van der Waals surface area contributed by atoms with Gasteiger partial charge in [-0.15, -0.1) is 0 Å². The Bertz CT molecular complexity index is 510. The number of ether oxygens (including phenoxy) is 1. The van der Waals surface area contributed by atoms with E-state index in [9.17, 15) is 4.79 Å². The van der Waals surface area contributed by atoms with Gasteiger partial charge in [0.05, 0.1) is 10.0 Å². The Hall–Kier alpha value is -0.970. The summed E-state index contributed by atoms with van der Waals surface area (Å²) in [5, 5.41) is 4.04. The van der Waals surface area contributed by atoms with Crippen molar-refractivity contribution in [3.05, 3.63) is 28.2 Å². The molecule has 0 bridgehead atoms. The van der Waals surface area contributed by atoms with Crippen LogP contribution in [-0.2, 0) is 4.79 Å². The van der Waals surface area contributed by atoms with E-state index in [2.05, 4.69) is 5.32 Å². The lowest BCUT2D eigenvalue weighted by atomic mass is 10.1. The Labute approximate surface area is 135 Å². The van der Waals surface area contributed by atoms with Crippen LogP contribution in [0.1, 0.15) is 13.3 Å². The number of hydrogen-bond donors (Lipinski definition) is 1. The molecule has 1 amide bonds. The summed E-state index contributed by atoms with van der Waals surface area (Å²) in [6.07, 6.45) is 0.502. The number of amides is 1. The van der Waals surface area contributed by atoms with E-state index in [0.717, 1.165) is 26.1 Å². The number of likely N-dealkylation sites (tertiary alicyclic amines) is 1. The molecule has 0 aromatic heterocycles. The number of nitrogens with one attached hydrogen (secondary N) is 1. The maximum atomic E-state index is 12.4. The van der Waals surface area contributed by atoms with Crippen LogP contribution in [0, 0.1) is 5.92 Å². The summed E-state index contributed by atoms with van der Waals surface area (Å²) < 4.78 is 5.67. The number of rotatable bonds is 5. The first-order valence-corrected chi connectivity index (χ1v) is 7.82. The highest BCUT2D eigenvalue weighted by atomic mass is 35.5. The summed E-state index contributed by atoms with van der Waals surface area (Å²) in [5.74, 6) is 1.09. The zero-order chi connectivity index (χ0) is 15.4. The molecule has 1 N–H and O–H groups in total. The van der Waals surface area contributed by atoms with Crippen LogP contribution in [-0.4, -0.2) is 43.6 Å². The van der Waals surface area contributed by atoms with Gasteiger partial charge in [0.25, 0.3) is 5.91 Å². The maximum absolute atomic E-state index is 12.4. The molecule has 1 saturated heterocycles. The van der Waals surface area contributed by atoms with E-state index in [0.29, 0.717) is 21.7 Å². The summed E-state index contributed by atoms with van der Waals surface area (Å²) in [6, 6.07) is 5.00. The molecule has 2 unspecified atom stereocenters. The van der Waals surface area contributed by atoms with Crippen LogP contribution >= 0.6 is 23.2 Å². The Morgan fingerprint density at radius 1 is 1.48 bits per heavy atom. The molecule has 1 aliphatic rings. The Morgan fingerprint density at radius 2 is 2.24 bits per heavy atom. The molecule has 6 heteroatoms. The zero-order valence-electron chi connectivity index (χ0n) is 12.2. The van der Waals surface area contributed by atoms with Crippen molar-refractivity contribution in [1.29, 1.82) is 0 Å². The van der Waals surface area contributed by atoms with Crippen LogP contribution in [0.3, 0.4) is 0 Å².